The molecule has 0 spiro atoms. The van der Waals surface area contributed by atoms with Crippen molar-refractivity contribution in [3.63, 3.8) is 0 Å². The number of hydrogen-bond acceptors (Lipinski definition) is 4. The van der Waals surface area contributed by atoms with Gasteiger partial charge in [0.05, 0.1) is 5.92 Å². The fourth-order valence-corrected chi connectivity index (χ4v) is 2.29. The molecule has 1 aromatic heterocycles. The van der Waals surface area contributed by atoms with Crippen LogP contribution in [0.4, 0.5) is 5.82 Å². The molecule has 5 nitrogen and oxygen atoms in total. The summed E-state index contributed by atoms with van der Waals surface area (Å²) >= 11 is 0. The zero-order valence-corrected chi connectivity index (χ0v) is 10.9. The highest BCUT2D eigenvalue weighted by Crippen LogP contribution is 2.22. The number of aliphatic carboxylic acids is 1. The quantitative estimate of drug-likeness (QED) is 0.882. The number of nitrogens with zero attached hydrogens (tertiary/aromatic N) is 3. The average molecular weight is 249 g/mol. The molecule has 2 rings (SSSR count). The zero-order valence-electron chi connectivity index (χ0n) is 10.9. The third-order valence-corrected chi connectivity index (χ3v) is 3.37. The van der Waals surface area contributed by atoms with Gasteiger partial charge in [-0.15, -0.1) is 0 Å². The highest BCUT2D eigenvalue weighted by Gasteiger charge is 2.25. The standard InChI is InChI=1S/C13H19N3O2/c1-3-11-14-9(2)8-12(15-11)16-6-4-10(5-7-16)13(17)18/h8,10H,3-7H2,1-2H3,(H,17,18). The van der Waals surface area contributed by atoms with Gasteiger partial charge in [-0.25, -0.2) is 9.97 Å². The lowest BCUT2D eigenvalue weighted by molar-refractivity contribution is -0.142. The topological polar surface area (TPSA) is 66.3 Å². The van der Waals surface area contributed by atoms with Crippen LogP contribution >= 0.6 is 0 Å². The van der Waals surface area contributed by atoms with Crippen molar-refractivity contribution >= 4 is 11.8 Å². The Morgan fingerprint density at radius 3 is 2.67 bits per heavy atom. The summed E-state index contributed by atoms with van der Waals surface area (Å²) in [5.41, 5.74) is 0.970. The highest BCUT2D eigenvalue weighted by molar-refractivity contribution is 5.70. The van der Waals surface area contributed by atoms with E-state index in [1.54, 1.807) is 0 Å². The SMILES string of the molecule is CCc1nc(C)cc(N2CCC(C(=O)O)CC2)n1. The van der Waals surface area contributed by atoms with E-state index in [-0.39, 0.29) is 5.92 Å². The van der Waals surface area contributed by atoms with E-state index in [0.717, 1.165) is 36.8 Å². The molecule has 0 amide bonds. The molecule has 1 aliphatic heterocycles. The third kappa shape index (κ3) is 2.78. The van der Waals surface area contributed by atoms with Crippen LogP contribution in [-0.4, -0.2) is 34.1 Å². The molecule has 1 N–H and O–H groups in total. The first-order valence-electron chi connectivity index (χ1n) is 6.42. The van der Waals surface area contributed by atoms with Gasteiger partial charge < -0.3 is 10.0 Å². The van der Waals surface area contributed by atoms with E-state index >= 15 is 0 Å². The smallest absolute Gasteiger partial charge is 0.306 e. The van der Waals surface area contributed by atoms with Gasteiger partial charge in [-0.2, -0.15) is 0 Å². The number of piperidine rings is 1. The van der Waals surface area contributed by atoms with Crippen LogP contribution in [0.25, 0.3) is 0 Å². The maximum Gasteiger partial charge on any atom is 0.306 e. The van der Waals surface area contributed by atoms with E-state index in [0.29, 0.717) is 12.8 Å². The molecule has 0 aromatic carbocycles. The average Bonchev–Trinajstić information content (AvgIpc) is 2.38. The van der Waals surface area contributed by atoms with Gasteiger partial charge in [0.25, 0.3) is 0 Å². The Morgan fingerprint density at radius 1 is 1.44 bits per heavy atom. The van der Waals surface area contributed by atoms with Crippen molar-refractivity contribution in [2.24, 2.45) is 5.92 Å². The Bertz CT molecular complexity index is 440. The number of rotatable bonds is 3. The zero-order chi connectivity index (χ0) is 13.1. The van der Waals surface area contributed by atoms with Crippen LogP contribution in [0.2, 0.25) is 0 Å². The molecule has 98 valence electrons. The molecule has 0 radical (unpaired) electrons. The Labute approximate surface area is 107 Å². The molecule has 0 bridgehead atoms. The number of aromatic nitrogens is 2. The van der Waals surface area contributed by atoms with Crippen LogP contribution in [0.3, 0.4) is 0 Å². The Morgan fingerprint density at radius 2 is 2.11 bits per heavy atom. The van der Waals surface area contributed by atoms with E-state index in [4.69, 9.17) is 5.11 Å². The number of carboxylic acids is 1. The van der Waals surface area contributed by atoms with Crippen LogP contribution in [-0.2, 0) is 11.2 Å². The van der Waals surface area contributed by atoms with Crippen molar-refractivity contribution in [3.05, 3.63) is 17.6 Å². The van der Waals surface area contributed by atoms with Gasteiger partial charge in [0.15, 0.2) is 0 Å². The van der Waals surface area contributed by atoms with Gasteiger partial charge >= 0.3 is 5.97 Å². The minimum atomic E-state index is -0.678. The van der Waals surface area contributed by atoms with Gasteiger partial charge in [0, 0.05) is 31.3 Å². The number of aryl methyl sites for hydroxylation is 2. The van der Waals surface area contributed by atoms with E-state index < -0.39 is 5.97 Å². The largest absolute Gasteiger partial charge is 0.481 e. The summed E-state index contributed by atoms with van der Waals surface area (Å²) in [5.74, 6) is 0.908. The first-order valence-corrected chi connectivity index (χ1v) is 6.42. The summed E-state index contributed by atoms with van der Waals surface area (Å²) in [6.07, 6.45) is 2.21. The van der Waals surface area contributed by atoms with Crippen LogP contribution in [0.15, 0.2) is 6.07 Å². The third-order valence-electron chi connectivity index (χ3n) is 3.37. The molecule has 18 heavy (non-hydrogen) atoms. The molecular weight excluding hydrogens is 230 g/mol. The fourth-order valence-electron chi connectivity index (χ4n) is 2.29. The summed E-state index contributed by atoms with van der Waals surface area (Å²) in [6, 6.07) is 1.97. The molecule has 2 heterocycles. The molecule has 5 heteroatoms. The predicted octanol–water partition coefficient (Wildman–Crippen LogP) is 1.65. The van der Waals surface area contributed by atoms with Crippen molar-refractivity contribution < 1.29 is 9.90 Å². The van der Waals surface area contributed by atoms with E-state index in [2.05, 4.69) is 14.9 Å². The lowest BCUT2D eigenvalue weighted by Crippen LogP contribution is -2.37. The van der Waals surface area contributed by atoms with Crippen molar-refractivity contribution in [2.45, 2.75) is 33.1 Å². The summed E-state index contributed by atoms with van der Waals surface area (Å²) in [4.78, 5) is 21.9. The van der Waals surface area contributed by atoms with Gasteiger partial charge in [-0.05, 0) is 19.8 Å². The minimum absolute atomic E-state index is 0.199. The molecule has 0 unspecified atom stereocenters. The Hall–Kier alpha value is -1.65. The van der Waals surface area contributed by atoms with Crippen molar-refractivity contribution in [2.75, 3.05) is 18.0 Å². The lowest BCUT2D eigenvalue weighted by atomic mass is 9.97. The molecular formula is C13H19N3O2. The van der Waals surface area contributed by atoms with Gasteiger partial charge in [0.2, 0.25) is 0 Å². The predicted molar refractivity (Wildman–Crippen MR) is 68.7 cm³/mol. The monoisotopic (exact) mass is 249 g/mol. The van der Waals surface area contributed by atoms with Crippen LogP contribution in [0.5, 0.6) is 0 Å². The molecule has 1 fully saturated rings. The van der Waals surface area contributed by atoms with Crippen LogP contribution in [0.1, 0.15) is 31.3 Å². The van der Waals surface area contributed by atoms with E-state index in [9.17, 15) is 4.79 Å². The van der Waals surface area contributed by atoms with Gasteiger partial charge in [-0.1, -0.05) is 6.92 Å². The summed E-state index contributed by atoms with van der Waals surface area (Å²) in [7, 11) is 0. The summed E-state index contributed by atoms with van der Waals surface area (Å²) < 4.78 is 0. The highest BCUT2D eigenvalue weighted by atomic mass is 16.4. The van der Waals surface area contributed by atoms with Crippen molar-refractivity contribution in [3.8, 4) is 0 Å². The summed E-state index contributed by atoms with van der Waals surface area (Å²) in [6.45, 7) is 5.52. The molecule has 0 aliphatic carbocycles. The minimum Gasteiger partial charge on any atom is -0.481 e. The number of carbonyl (C=O) groups is 1. The van der Waals surface area contributed by atoms with Gasteiger partial charge in [0.1, 0.15) is 11.6 Å². The van der Waals surface area contributed by atoms with Crippen molar-refractivity contribution in [1.82, 2.24) is 9.97 Å². The Kier molecular flexibility index (Phi) is 3.79. The molecule has 1 aliphatic rings. The molecule has 0 atom stereocenters. The summed E-state index contributed by atoms with van der Waals surface area (Å²) in [5, 5.41) is 8.98. The number of anilines is 1. The van der Waals surface area contributed by atoms with E-state index in [1.807, 2.05) is 19.9 Å². The number of carboxylic acid groups (broad SMARTS) is 1. The first-order chi connectivity index (χ1) is 8.60. The fraction of sp³-hybridized carbons (Fsp3) is 0.615. The van der Waals surface area contributed by atoms with Crippen LogP contribution < -0.4 is 4.90 Å². The second kappa shape index (κ2) is 5.33. The molecule has 1 aromatic rings. The molecule has 0 saturated carbocycles. The second-order valence-corrected chi connectivity index (χ2v) is 4.74. The normalized spacial score (nSPS) is 16.9. The van der Waals surface area contributed by atoms with Gasteiger partial charge in [-0.3, -0.25) is 4.79 Å². The maximum atomic E-state index is 10.9. The van der Waals surface area contributed by atoms with Crippen LogP contribution in [0, 0.1) is 12.8 Å². The van der Waals surface area contributed by atoms with Crippen molar-refractivity contribution in [1.29, 1.82) is 0 Å². The first kappa shape index (κ1) is 12.8. The Balaban J connectivity index is 2.09. The molecule has 1 saturated heterocycles. The number of hydrogen-bond donors (Lipinski definition) is 1. The second-order valence-electron chi connectivity index (χ2n) is 4.74. The van der Waals surface area contributed by atoms with E-state index in [1.165, 1.54) is 0 Å². The maximum absolute atomic E-state index is 10.9. The lowest BCUT2D eigenvalue weighted by Gasteiger charge is -2.31.